The van der Waals surface area contributed by atoms with E-state index in [0.717, 1.165) is 0 Å². The van der Waals surface area contributed by atoms with Gasteiger partial charge in [0.25, 0.3) is 0 Å². The first kappa shape index (κ1) is 10.4. The predicted octanol–water partition coefficient (Wildman–Crippen LogP) is 1.62. The van der Waals surface area contributed by atoms with E-state index >= 15 is 0 Å². The van der Waals surface area contributed by atoms with Crippen molar-refractivity contribution in [2.24, 2.45) is 35.5 Å². The highest BCUT2D eigenvalue weighted by atomic mass is 16.6. The summed E-state index contributed by atoms with van der Waals surface area (Å²) < 4.78 is 18.9. The summed E-state index contributed by atoms with van der Waals surface area (Å²) >= 11 is 0. The van der Waals surface area contributed by atoms with Crippen LogP contribution in [-0.2, 0) is 14.2 Å². The van der Waals surface area contributed by atoms with Crippen LogP contribution in [-0.4, -0.2) is 36.6 Å². The minimum Gasteiger partial charge on any atom is -0.374 e. The molecule has 6 aliphatic rings. The van der Waals surface area contributed by atoms with E-state index in [2.05, 4.69) is 26.0 Å². The quantitative estimate of drug-likeness (QED) is 0.620. The predicted molar refractivity (Wildman–Crippen MR) is 67.4 cm³/mol. The van der Waals surface area contributed by atoms with Crippen molar-refractivity contribution in [1.29, 1.82) is 0 Å². The Hall–Kier alpha value is -0.380. The molecule has 102 valence electrons. The van der Waals surface area contributed by atoms with Crippen LogP contribution in [0.25, 0.3) is 0 Å². The third kappa shape index (κ3) is 0.913. The minimum absolute atomic E-state index is 0.331. The maximum Gasteiger partial charge on any atom is 0.0822 e. The largest absolute Gasteiger partial charge is 0.374 e. The van der Waals surface area contributed by atoms with Gasteiger partial charge in [-0.1, -0.05) is 26.0 Å². The van der Waals surface area contributed by atoms with E-state index in [-0.39, 0.29) is 0 Å². The summed E-state index contributed by atoms with van der Waals surface area (Å²) in [5.74, 6) is 3.93. The molecule has 3 nitrogen and oxygen atoms in total. The molecule has 0 spiro atoms. The van der Waals surface area contributed by atoms with Crippen LogP contribution < -0.4 is 0 Å². The lowest BCUT2D eigenvalue weighted by atomic mass is 9.58. The average molecular weight is 260 g/mol. The number of fused-ring (bicyclic) bond motifs is 16. The van der Waals surface area contributed by atoms with Gasteiger partial charge in [0.05, 0.1) is 36.6 Å². The third-order valence-corrected chi connectivity index (χ3v) is 7.22. The summed E-state index contributed by atoms with van der Waals surface area (Å²) in [6.45, 7) is 4.73. The van der Waals surface area contributed by atoms with Gasteiger partial charge in [0.2, 0.25) is 0 Å². The summed E-state index contributed by atoms with van der Waals surface area (Å²) in [7, 11) is 0. The van der Waals surface area contributed by atoms with Crippen molar-refractivity contribution in [3.63, 3.8) is 0 Å². The van der Waals surface area contributed by atoms with Gasteiger partial charge in [0.1, 0.15) is 0 Å². The van der Waals surface area contributed by atoms with Gasteiger partial charge in [0, 0.05) is 23.7 Å². The Morgan fingerprint density at radius 2 is 1.05 bits per heavy atom. The Bertz CT molecular complexity index is 448. The van der Waals surface area contributed by atoms with Crippen molar-refractivity contribution in [3.8, 4) is 0 Å². The van der Waals surface area contributed by atoms with Crippen molar-refractivity contribution in [1.82, 2.24) is 0 Å². The second-order valence-electron chi connectivity index (χ2n) is 7.61. The van der Waals surface area contributed by atoms with Crippen LogP contribution in [0.1, 0.15) is 13.8 Å². The highest BCUT2D eigenvalue weighted by molar-refractivity contribution is 5.27. The van der Waals surface area contributed by atoms with Crippen LogP contribution in [0.4, 0.5) is 0 Å². The molecule has 6 heterocycles. The fourth-order valence-corrected chi connectivity index (χ4v) is 6.40. The van der Waals surface area contributed by atoms with E-state index < -0.39 is 0 Å². The van der Waals surface area contributed by atoms with Gasteiger partial charge in [-0.15, -0.1) is 0 Å². The molecule has 6 aliphatic heterocycles. The Morgan fingerprint density at radius 3 is 1.58 bits per heavy atom. The summed E-state index contributed by atoms with van der Waals surface area (Å²) in [6.07, 6.45) is 6.91. The lowest BCUT2D eigenvalue weighted by molar-refractivity contribution is -0.0347. The van der Waals surface area contributed by atoms with Gasteiger partial charge >= 0.3 is 0 Å². The molecule has 0 N–H and O–H groups in total. The van der Waals surface area contributed by atoms with Crippen LogP contribution in [0, 0.1) is 35.5 Å². The second kappa shape index (κ2) is 2.95. The van der Waals surface area contributed by atoms with E-state index in [9.17, 15) is 0 Å². The Balaban J connectivity index is 1.45. The highest BCUT2D eigenvalue weighted by Crippen LogP contribution is 2.66. The molecule has 12 unspecified atom stereocenters. The average Bonchev–Trinajstić information content (AvgIpc) is 3.15. The molecule has 5 fully saturated rings. The number of hydrogen-bond donors (Lipinski definition) is 0. The summed E-state index contributed by atoms with van der Waals surface area (Å²) in [6, 6.07) is 0. The molecular weight excluding hydrogens is 240 g/mol. The standard InChI is InChI=1S/C16H20O3/c1-5-6(2)14-12-11(13(5)18-14)15-9-7-3-4-8(17-7)10(9)16(12)19-15/h3-16H,1-2H3. The van der Waals surface area contributed by atoms with Crippen LogP contribution in [0.5, 0.6) is 0 Å². The van der Waals surface area contributed by atoms with E-state index in [4.69, 9.17) is 14.2 Å². The molecule has 3 heteroatoms. The first-order chi connectivity index (χ1) is 9.25. The molecule has 19 heavy (non-hydrogen) atoms. The summed E-state index contributed by atoms with van der Waals surface area (Å²) in [5.41, 5.74) is 0. The van der Waals surface area contributed by atoms with Crippen molar-refractivity contribution in [3.05, 3.63) is 12.2 Å². The zero-order valence-corrected chi connectivity index (χ0v) is 11.3. The molecule has 0 aromatic carbocycles. The topological polar surface area (TPSA) is 27.7 Å². The second-order valence-corrected chi connectivity index (χ2v) is 7.61. The first-order valence-electron chi connectivity index (χ1n) is 7.90. The summed E-state index contributed by atoms with van der Waals surface area (Å²) in [5, 5.41) is 0. The number of hydrogen-bond acceptors (Lipinski definition) is 3. The van der Waals surface area contributed by atoms with Crippen molar-refractivity contribution in [2.75, 3.05) is 0 Å². The van der Waals surface area contributed by atoms with Gasteiger partial charge in [-0.2, -0.15) is 0 Å². The molecule has 12 atom stereocenters. The van der Waals surface area contributed by atoms with Crippen LogP contribution >= 0.6 is 0 Å². The van der Waals surface area contributed by atoms with E-state index in [1.54, 1.807) is 0 Å². The Morgan fingerprint density at radius 1 is 0.579 bits per heavy atom. The van der Waals surface area contributed by atoms with Crippen LogP contribution in [0.3, 0.4) is 0 Å². The molecule has 0 amide bonds. The Kier molecular flexibility index (Phi) is 1.61. The zero-order valence-electron chi connectivity index (χ0n) is 11.3. The van der Waals surface area contributed by atoms with E-state index in [1.807, 2.05) is 0 Å². The van der Waals surface area contributed by atoms with Gasteiger partial charge in [0.15, 0.2) is 0 Å². The van der Waals surface area contributed by atoms with E-state index in [0.29, 0.717) is 72.1 Å². The first-order valence-corrected chi connectivity index (χ1v) is 7.90. The molecule has 0 aliphatic carbocycles. The van der Waals surface area contributed by atoms with Crippen molar-refractivity contribution in [2.45, 2.75) is 50.5 Å². The molecule has 5 saturated heterocycles. The fraction of sp³-hybridized carbons (Fsp3) is 0.875. The lowest BCUT2D eigenvalue weighted by Gasteiger charge is -2.41. The molecule has 0 saturated carbocycles. The van der Waals surface area contributed by atoms with Gasteiger partial charge in [-0.3, -0.25) is 0 Å². The maximum atomic E-state index is 6.46. The third-order valence-electron chi connectivity index (χ3n) is 7.22. The molecule has 0 aromatic heterocycles. The van der Waals surface area contributed by atoms with Gasteiger partial charge < -0.3 is 14.2 Å². The fourth-order valence-electron chi connectivity index (χ4n) is 6.40. The number of ether oxygens (including phenoxy) is 3. The molecule has 6 rings (SSSR count). The zero-order chi connectivity index (χ0) is 12.5. The smallest absolute Gasteiger partial charge is 0.0822 e. The monoisotopic (exact) mass is 260 g/mol. The molecule has 6 bridgehead atoms. The SMILES string of the molecule is CC1C(C)C2OC1C1C3OC(C4C5C=CC(O5)C34)C21. The Labute approximate surface area is 113 Å². The number of rotatable bonds is 0. The van der Waals surface area contributed by atoms with Gasteiger partial charge in [-0.25, -0.2) is 0 Å². The molecular formula is C16H20O3. The van der Waals surface area contributed by atoms with Crippen molar-refractivity contribution >= 4 is 0 Å². The maximum absolute atomic E-state index is 6.46. The van der Waals surface area contributed by atoms with Crippen LogP contribution in [0.15, 0.2) is 12.2 Å². The highest BCUT2D eigenvalue weighted by Gasteiger charge is 2.74. The van der Waals surface area contributed by atoms with Crippen LogP contribution in [0.2, 0.25) is 0 Å². The van der Waals surface area contributed by atoms with E-state index in [1.165, 1.54) is 0 Å². The van der Waals surface area contributed by atoms with Gasteiger partial charge in [-0.05, 0) is 11.8 Å². The molecule has 0 aromatic rings. The summed E-state index contributed by atoms with van der Waals surface area (Å²) in [4.78, 5) is 0. The lowest BCUT2D eigenvalue weighted by Crippen LogP contribution is -2.51. The molecule has 0 radical (unpaired) electrons. The van der Waals surface area contributed by atoms with Crippen molar-refractivity contribution < 1.29 is 14.2 Å². The minimum atomic E-state index is 0.331. The normalized spacial score (nSPS) is 74.0.